The van der Waals surface area contributed by atoms with Crippen LogP contribution in [0.25, 0.3) is 11.0 Å². The molecule has 39 heavy (non-hydrogen) atoms. The van der Waals surface area contributed by atoms with Crippen LogP contribution in [0.4, 0.5) is 0 Å². The number of carbonyl (C=O) groups is 1. The van der Waals surface area contributed by atoms with Crippen LogP contribution in [0.5, 0.6) is 17.2 Å². The Hall–Kier alpha value is -4.26. The first kappa shape index (κ1) is 25.0. The molecule has 4 aromatic rings. The van der Waals surface area contributed by atoms with E-state index in [1.54, 1.807) is 11.0 Å². The zero-order valence-corrected chi connectivity index (χ0v) is 22.2. The molecule has 0 radical (unpaired) electrons. The van der Waals surface area contributed by atoms with Gasteiger partial charge in [-0.05, 0) is 60.9 Å². The van der Waals surface area contributed by atoms with Crippen LogP contribution < -0.4 is 19.6 Å². The molecule has 0 saturated carbocycles. The highest BCUT2D eigenvalue weighted by Crippen LogP contribution is 2.41. The molecule has 0 spiro atoms. The van der Waals surface area contributed by atoms with Crippen molar-refractivity contribution in [3.63, 3.8) is 0 Å². The molecule has 200 valence electrons. The van der Waals surface area contributed by atoms with Gasteiger partial charge >= 0.3 is 0 Å². The molecule has 0 saturated heterocycles. The summed E-state index contributed by atoms with van der Waals surface area (Å²) in [7, 11) is 0. The Balaban J connectivity index is 1.37. The second-order valence-corrected chi connectivity index (χ2v) is 10.2. The Morgan fingerprint density at radius 2 is 1.74 bits per heavy atom. The van der Waals surface area contributed by atoms with Gasteiger partial charge in [-0.15, -0.1) is 0 Å². The third kappa shape index (κ3) is 4.73. The van der Waals surface area contributed by atoms with Gasteiger partial charge < -0.3 is 23.5 Å². The summed E-state index contributed by atoms with van der Waals surface area (Å²) in [6, 6.07) is 18.1. The average molecular weight is 526 g/mol. The highest BCUT2D eigenvalue weighted by molar-refractivity contribution is 5.99. The van der Waals surface area contributed by atoms with Crippen molar-refractivity contribution < 1.29 is 23.4 Å². The fraction of sp³-hybridized carbons (Fsp3) is 0.312. The third-order valence-electron chi connectivity index (χ3n) is 7.37. The molecule has 0 fully saturated rings. The van der Waals surface area contributed by atoms with E-state index >= 15 is 0 Å². The number of ether oxygens (including phenoxy) is 3. The largest absolute Gasteiger partial charge is 0.494 e. The van der Waals surface area contributed by atoms with E-state index in [4.69, 9.17) is 18.6 Å². The number of fused-ring (bicyclic) bond motifs is 3. The van der Waals surface area contributed by atoms with Crippen LogP contribution >= 0.6 is 0 Å². The molecule has 1 aromatic heterocycles. The normalized spacial score (nSPS) is 15.7. The summed E-state index contributed by atoms with van der Waals surface area (Å²) >= 11 is 0. The van der Waals surface area contributed by atoms with Crippen molar-refractivity contribution in [2.45, 2.75) is 52.1 Å². The SMILES string of the molecule is CCCCCCOc1ccc(C2c3c(oc4ccc(C)cc4c3=O)C(=O)N2Cc2ccc3c(c2)OCO3)cc1. The molecule has 1 unspecified atom stereocenters. The predicted molar refractivity (Wildman–Crippen MR) is 148 cm³/mol. The number of benzene rings is 3. The van der Waals surface area contributed by atoms with Gasteiger partial charge in [-0.1, -0.05) is 56.0 Å². The van der Waals surface area contributed by atoms with Crippen LogP contribution in [0.3, 0.4) is 0 Å². The zero-order valence-electron chi connectivity index (χ0n) is 22.2. The van der Waals surface area contributed by atoms with Gasteiger partial charge in [0.1, 0.15) is 11.3 Å². The molecule has 1 amide bonds. The summed E-state index contributed by atoms with van der Waals surface area (Å²) < 4.78 is 23.0. The lowest BCUT2D eigenvalue weighted by Gasteiger charge is -2.25. The van der Waals surface area contributed by atoms with Crippen molar-refractivity contribution in [3.8, 4) is 17.2 Å². The standard InChI is InChI=1S/C32H31NO6/c1-3-4-5-6-15-36-23-11-9-22(10-12-23)29-28-30(34)24-16-20(2)7-13-25(24)39-31(28)32(35)33(29)18-21-8-14-26-27(17-21)38-19-37-26/h7-14,16-17,29H,3-6,15,18-19H2,1-2H3. The second kappa shape index (κ2) is 10.5. The Morgan fingerprint density at radius 3 is 2.56 bits per heavy atom. The van der Waals surface area contributed by atoms with Crippen molar-refractivity contribution in [1.82, 2.24) is 4.90 Å². The molecule has 7 heteroatoms. The van der Waals surface area contributed by atoms with Gasteiger partial charge in [0, 0.05) is 6.54 Å². The van der Waals surface area contributed by atoms with Crippen LogP contribution in [0.2, 0.25) is 0 Å². The lowest BCUT2D eigenvalue weighted by atomic mass is 9.97. The van der Waals surface area contributed by atoms with Crippen molar-refractivity contribution >= 4 is 16.9 Å². The Morgan fingerprint density at radius 1 is 0.923 bits per heavy atom. The molecule has 2 aliphatic rings. The fourth-order valence-corrected chi connectivity index (χ4v) is 5.35. The van der Waals surface area contributed by atoms with Crippen LogP contribution in [0, 0.1) is 6.92 Å². The quantitative estimate of drug-likeness (QED) is 0.231. The first-order chi connectivity index (χ1) is 19.0. The smallest absolute Gasteiger partial charge is 0.291 e. The number of carbonyl (C=O) groups excluding carboxylic acids is 1. The molecule has 3 heterocycles. The number of rotatable bonds is 9. The maximum atomic E-state index is 13.8. The van der Waals surface area contributed by atoms with Gasteiger partial charge in [-0.2, -0.15) is 0 Å². The first-order valence-electron chi connectivity index (χ1n) is 13.5. The van der Waals surface area contributed by atoms with E-state index in [0.717, 1.165) is 35.3 Å². The molecular weight excluding hydrogens is 494 g/mol. The summed E-state index contributed by atoms with van der Waals surface area (Å²) in [6.45, 7) is 5.23. The second-order valence-electron chi connectivity index (χ2n) is 10.2. The highest BCUT2D eigenvalue weighted by Gasteiger charge is 2.42. The molecular formula is C32H31NO6. The lowest BCUT2D eigenvalue weighted by molar-refractivity contribution is 0.0714. The van der Waals surface area contributed by atoms with E-state index in [9.17, 15) is 9.59 Å². The van der Waals surface area contributed by atoms with E-state index < -0.39 is 6.04 Å². The minimum atomic E-state index is -0.599. The van der Waals surface area contributed by atoms with Crippen LogP contribution in [0.15, 0.2) is 69.9 Å². The maximum Gasteiger partial charge on any atom is 0.291 e. The minimum Gasteiger partial charge on any atom is -0.494 e. The molecule has 2 aliphatic heterocycles. The minimum absolute atomic E-state index is 0.0957. The van der Waals surface area contributed by atoms with Gasteiger partial charge in [0.05, 0.1) is 23.6 Å². The van der Waals surface area contributed by atoms with E-state index in [1.165, 1.54) is 12.8 Å². The van der Waals surface area contributed by atoms with Gasteiger partial charge in [-0.25, -0.2) is 0 Å². The van der Waals surface area contributed by atoms with Crippen molar-refractivity contribution in [1.29, 1.82) is 0 Å². The molecule has 6 rings (SSSR count). The number of aryl methyl sites for hydroxylation is 1. The summed E-state index contributed by atoms with van der Waals surface area (Å²) in [5.41, 5.74) is 3.23. The van der Waals surface area contributed by atoms with Gasteiger partial charge in [0.2, 0.25) is 12.6 Å². The molecule has 1 atom stereocenters. The van der Waals surface area contributed by atoms with E-state index in [-0.39, 0.29) is 30.4 Å². The molecule has 7 nitrogen and oxygen atoms in total. The topological polar surface area (TPSA) is 78.2 Å². The van der Waals surface area contributed by atoms with Gasteiger partial charge in [0.15, 0.2) is 16.9 Å². The van der Waals surface area contributed by atoms with Gasteiger partial charge in [-0.3, -0.25) is 9.59 Å². The summed E-state index contributed by atoms with van der Waals surface area (Å²) in [5.74, 6) is 1.87. The Kier molecular flexibility index (Phi) is 6.73. The predicted octanol–water partition coefficient (Wildman–Crippen LogP) is 6.53. The highest BCUT2D eigenvalue weighted by atomic mass is 16.7. The number of nitrogens with zero attached hydrogens (tertiary/aromatic N) is 1. The van der Waals surface area contributed by atoms with Crippen LogP contribution in [0.1, 0.15) is 71.5 Å². The van der Waals surface area contributed by atoms with Crippen molar-refractivity contribution in [3.05, 3.63) is 98.9 Å². The van der Waals surface area contributed by atoms with Crippen molar-refractivity contribution in [2.75, 3.05) is 13.4 Å². The first-order valence-corrected chi connectivity index (χ1v) is 13.5. The fourth-order valence-electron chi connectivity index (χ4n) is 5.35. The average Bonchev–Trinajstić information content (AvgIpc) is 3.52. The summed E-state index contributed by atoms with van der Waals surface area (Å²) in [6.07, 6.45) is 4.54. The Bertz CT molecular complexity index is 1590. The van der Waals surface area contributed by atoms with Crippen LogP contribution in [-0.4, -0.2) is 24.2 Å². The van der Waals surface area contributed by atoms with E-state index in [1.807, 2.05) is 61.5 Å². The monoisotopic (exact) mass is 525 g/mol. The van der Waals surface area contributed by atoms with Crippen molar-refractivity contribution in [2.24, 2.45) is 0 Å². The summed E-state index contributed by atoms with van der Waals surface area (Å²) in [4.78, 5) is 29.3. The van der Waals surface area contributed by atoms with Gasteiger partial charge in [0.25, 0.3) is 5.91 Å². The zero-order chi connectivity index (χ0) is 26.9. The number of hydrogen-bond donors (Lipinski definition) is 0. The molecule has 0 N–H and O–H groups in total. The molecule has 3 aromatic carbocycles. The van der Waals surface area contributed by atoms with Crippen LogP contribution in [-0.2, 0) is 6.54 Å². The molecule has 0 bridgehead atoms. The number of hydrogen-bond acceptors (Lipinski definition) is 6. The van der Waals surface area contributed by atoms with E-state index in [0.29, 0.717) is 34.6 Å². The number of unbranched alkanes of at least 4 members (excludes halogenated alkanes) is 3. The molecule has 0 aliphatic carbocycles. The number of amides is 1. The summed E-state index contributed by atoms with van der Waals surface area (Å²) in [5, 5.41) is 0.475. The third-order valence-corrected chi connectivity index (χ3v) is 7.37. The maximum absolute atomic E-state index is 13.8. The van der Waals surface area contributed by atoms with E-state index in [2.05, 4.69) is 6.92 Å². The lowest BCUT2D eigenvalue weighted by Crippen LogP contribution is -2.29. The Labute approximate surface area is 226 Å².